The zero-order valence-corrected chi connectivity index (χ0v) is 16.3. The van der Waals surface area contributed by atoms with E-state index in [1.54, 1.807) is 0 Å². The van der Waals surface area contributed by atoms with Crippen LogP contribution in [0, 0.1) is 13.8 Å². The molecule has 0 saturated heterocycles. The first-order valence-corrected chi connectivity index (χ1v) is 9.80. The van der Waals surface area contributed by atoms with Crippen molar-refractivity contribution in [1.29, 1.82) is 0 Å². The van der Waals surface area contributed by atoms with Gasteiger partial charge >= 0.3 is 0 Å². The number of hydrogen-bond acceptors (Lipinski definition) is 3. The third-order valence-corrected chi connectivity index (χ3v) is 5.50. The minimum atomic E-state index is 0.517. The summed E-state index contributed by atoms with van der Waals surface area (Å²) in [5.41, 5.74) is 4.27. The first kappa shape index (κ1) is 16.6. The van der Waals surface area contributed by atoms with Crippen molar-refractivity contribution in [3.8, 4) is 11.3 Å². The van der Waals surface area contributed by atoms with E-state index in [1.165, 1.54) is 32.1 Å². The van der Waals surface area contributed by atoms with Crippen molar-refractivity contribution in [3.05, 3.63) is 46.2 Å². The molecule has 0 atom stereocenters. The second-order valence-corrected chi connectivity index (χ2v) is 7.89. The van der Waals surface area contributed by atoms with Crippen molar-refractivity contribution in [1.82, 2.24) is 14.4 Å². The number of aromatic nitrogens is 3. The van der Waals surface area contributed by atoms with E-state index in [-0.39, 0.29) is 0 Å². The Balaban J connectivity index is 1.86. The number of fused-ring (bicyclic) bond motifs is 1. The SMILES string of the molecule is Cc1cc(C)n2c(NC3CCCCC3)c(-c3ccc(Br)cc3)nc2n1. The molecule has 4 rings (SSSR count). The molecule has 4 nitrogen and oxygen atoms in total. The number of rotatable bonds is 3. The summed E-state index contributed by atoms with van der Waals surface area (Å²) >= 11 is 3.52. The van der Waals surface area contributed by atoms with Gasteiger partial charge in [0.2, 0.25) is 5.78 Å². The number of halogens is 1. The first-order valence-electron chi connectivity index (χ1n) is 9.01. The van der Waals surface area contributed by atoms with Gasteiger partial charge in [-0.05, 0) is 44.9 Å². The molecule has 2 aromatic heterocycles. The van der Waals surface area contributed by atoms with Gasteiger partial charge in [0.15, 0.2) is 0 Å². The molecule has 3 aromatic rings. The van der Waals surface area contributed by atoms with Gasteiger partial charge in [-0.3, -0.25) is 4.40 Å². The normalized spacial score (nSPS) is 15.6. The van der Waals surface area contributed by atoms with Crippen LogP contribution >= 0.6 is 15.9 Å². The van der Waals surface area contributed by atoms with Gasteiger partial charge in [-0.2, -0.15) is 0 Å². The Morgan fingerprint density at radius 3 is 2.48 bits per heavy atom. The molecular formula is C20H23BrN4. The Kier molecular flexibility index (Phi) is 4.50. The van der Waals surface area contributed by atoms with Gasteiger partial charge in [0.25, 0.3) is 0 Å². The zero-order chi connectivity index (χ0) is 17.4. The van der Waals surface area contributed by atoms with E-state index in [4.69, 9.17) is 4.98 Å². The quantitative estimate of drug-likeness (QED) is 0.631. The van der Waals surface area contributed by atoms with Crippen LogP contribution in [0.3, 0.4) is 0 Å². The monoisotopic (exact) mass is 398 g/mol. The lowest BCUT2D eigenvalue weighted by Crippen LogP contribution is -2.23. The van der Waals surface area contributed by atoms with Crippen LogP contribution in [0.1, 0.15) is 43.5 Å². The molecule has 1 aliphatic carbocycles. The molecule has 0 spiro atoms. The molecule has 1 saturated carbocycles. The molecule has 1 fully saturated rings. The Labute approximate surface area is 156 Å². The highest BCUT2D eigenvalue weighted by Gasteiger charge is 2.21. The van der Waals surface area contributed by atoms with Crippen LogP contribution in [0.25, 0.3) is 17.0 Å². The first-order chi connectivity index (χ1) is 12.1. The van der Waals surface area contributed by atoms with Crippen molar-refractivity contribution < 1.29 is 0 Å². The third kappa shape index (κ3) is 3.30. The van der Waals surface area contributed by atoms with E-state index in [2.05, 4.69) is 67.9 Å². The highest BCUT2D eigenvalue weighted by molar-refractivity contribution is 9.10. The predicted octanol–water partition coefficient (Wildman–Crippen LogP) is 5.52. The molecule has 5 heteroatoms. The molecule has 25 heavy (non-hydrogen) atoms. The standard InChI is InChI=1S/C20H23BrN4/c1-13-12-14(2)25-19(23-17-6-4-3-5-7-17)18(24-20(25)22-13)15-8-10-16(21)11-9-15/h8-12,17,23H,3-7H2,1-2H3. The minimum Gasteiger partial charge on any atom is -0.367 e. The summed E-state index contributed by atoms with van der Waals surface area (Å²) in [7, 11) is 0. The van der Waals surface area contributed by atoms with E-state index >= 15 is 0 Å². The zero-order valence-electron chi connectivity index (χ0n) is 14.7. The second-order valence-electron chi connectivity index (χ2n) is 6.97. The maximum atomic E-state index is 4.87. The molecule has 0 bridgehead atoms. The number of hydrogen-bond donors (Lipinski definition) is 1. The highest BCUT2D eigenvalue weighted by Crippen LogP contribution is 2.32. The molecule has 1 N–H and O–H groups in total. The summed E-state index contributed by atoms with van der Waals surface area (Å²) in [6.07, 6.45) is 6.41. The number of anilines is 1. The fraction of sp³-hybridized carbons (Fsp3) is 0.400. The maximum Gasteiger partial charge on any atom is 0.236 e. The Hall–Kier alpha value is -1.88. The lowest BCUT2D eigenvalue weighted by Gasteiger charge is -2.24. The van der Waals surface area contributed by atoms with Crippen LogP contribution in [0.15, 0.2) is 34.8 Å². The van der Waals surface area contributed by atoms with Crippen LogP contribution in [-0.4, -0.2) is 20.4 Å². The van der Waals surface area contributed by atoms with E-state index in [0.717, 1.165) is 38.7 Å². The van der Waals surface area contributed by atoms with Crippen LogP contribution in [-0.2, 0) is 0 Å². The number of aryl methyl sites for hydroxylation is 2. The van der Waals surface area contributed by atoms with Crippen molar-refractivity contribution in [2.45, 2.75) is 52.0 Å². The molecule has 0 radical (unpaired) electrons. The summed E-state index contributed by atoms with van der Waals surface area (Å²) in [5, 5.41) is 3.79. The smallest absolute Gasteiger partial charge is 0.236 e. The molecular weight excluding hydrogens is 376 g/mol. The Bertz CT molecular complexity index is 892. The number of nitrogens with zero attached hydrogens (tertiary/aromatic N) is 3. The fourth-order valence-corrected chi connectivity index (χ4v) is 4.02. The lowest BCUT2D eigenvalue weighted by atomic mass is 9.95. The maximum absolute atomic E-state index is 4.87. The van der Waals surface area contributed by atoms with Crippen LogP contribution in [0.4, 0.5) is 5.82 Å². The van der Waals surface area contributed by atoms with E-state index in [1.807, 2.05) is 6.92 Å². The summed E-state index contributed by atoms with van der Waals surface area (Å²) in [6.45, 7) is 4.15. The minimum absolute atomic E-state index is 0.517. The molecule has 0 unspecified atom stereocenters. The van der Waals surface area contributed by atoms with Gasteiger partial charge < -0.3 is 5.32 Å². The van der Waals surface area contributed by atoms with Crippen LogP contribution in [0.5, 0.6) is 0 Å². The summed E-state index contributed by atoms with van der Waals surface area (Å²) < 4.78 is 3.24. The third-order valence-electron chi connectivity index (χ3n) is 4.97. The van der Waals surface area contributed by atoms with Crippen molar-refractivity contribution in [2.75, 3.05) is 5.32 Å². The average Bonchev–Trinajstić information content (AvgIpc) is 2.95. The molecule has 2 heterocycles. The topological polar surface area (TPSA) is 42.2 Å². The molecule has 0 amide bonds. The fourth-order valence-electron chi connectivity index (χ4n) is 3.76. The van der Waals surface area contributed by atoms with Gasteiger partial charge in [0, 0.05) is 27.5 Å². The number of nitrogens with one attached hydrogen (secondary N) is 1. The van der Waals surface area contributed by atoms with Crippen molar-refractivity contribution in [3.63, 3.8) is 0 Å². The van der Waals surface area contributed by atoms with Crippen molar-refractivity contribution in [2.24, 2.45) is 0 Å². The average molecular weight is 399 g/mol. The largest absolute Gasteiger partial charge is 0.367 e. The molecule has 1 aromatic carbocycles. The van der Waals surface area contributed by atoms with Crippen molar-refractivity contribution >= 4 is 27.5 Å². The van der Waals surface area contributed by atoms with Crippen LogP contribution in [0.2, 0.25) is 0 Å². The highest BCUT2D eigenvalue weighted by atomic mass is 79.9. The Morgan fingerprint density at radius 1 is 1.04 bits per heavy atom. The molecule has 1 aliphatic rings. The molecule has 130 valence electrons. The van der Waals surface area contributed by atoms with Gasteiger partial charge in [0.1, 0.15) is 11.5 Å². The number of benzene rings is 1. The van der Waals surface area contributed by atoms with Gasteiger partial charge in [-0.1, -0.05) is 47.3 Å². The van der Waals surface area contributed by atoms with Gasteiger partial charge in [-0.15, -0.1) is 0 Å². The van der Waals surface area contributed by atoms with Gasteiger partial charge in [0.05, 0.1) is 0 Å². The lowest BCUT2D eigenvalue weighted by molar-refractivity contribution is 0.461. The van der Waals surface area contributed by atoms with E-state index in [0.29, 0.717) is 6.04 Å². The summed E-state index contributed by atoms with van der Waals surface area (Å²) in [6, 6.07) is 11.0. The number of imidazole rings is 1. The molecule has 0 aliphatic heterocycles. The summed E-state index contributed by atoms with van der Waals surface area (Å²) in [5.74, 6) is 1.85. The second kappa shape index (κ2) is 6.79. The predicted molar refractivity (Wildman–Crippen MR) is 106 cm³/mol. The Morgan fingerprint density at radius 2 is 1.76 bits per heavy atom. The van der Waals surface area contributed by atoms with E-state index < -0.39 is 0 Å². The van der Waals surface area contributed by atoms with Gasteiger partial charge in [-0.25, -0.2) is 9.97 Å². The summed E-state index contributed by atoms with van der Waals surface area (Å²) in [4.78, 5) is 9.53. The van der Waals surface area contributed by atoms with E-state index in [9.17, 15) is 0 Å². The van der Waals surface area contributed by atoms with Crippen LogP contribution < -0.4 is 5.32 Å².